The van der Waals surface area contributed by atoms with Crippen LogP contribution < -0.4 is 31.8 Å². The quantitative estimate of drug-likeness (QED) is 0.0389. The molecular weight excluding hydrogens is 1020 g/mol. The molecule has 0 aliphatic heterocycles. The van der Waals surface area contributed by atoms with Crippen LogP contribution in [0, 0.1) is 24.7 Å². The number of hydrogen-bond acceptors (Lipinski definition) is 0. The first-order valence-corrected chi connectivity index (χ1v) is 24.4. The van der Waals surface area contributed by atoms with E-state index in [4.69, 9.17) is 12.8 Å². The van der Waals surface area contributed by atoms with E-state index in [9.17, 15) is 0 Å². The molecule has 0 saturated carbocycles. The van der Waals surface area contributed by atoms with Gasteiger partial charge >= 0.3 is 44.8 Å². The smallest absolute Gasteiger partial charge is 0.366 e. The van der Waals surface area contributed by atoms with Crippen LogP contribution >= 0.6 is 15.8 Å². The molecule has 0 spiro atoms. The molecule has 0 saturated heterocycles. The van der Waals surface area contributed by atoms with Gasteiger partial charge < -0.3 is 12.8 Å². The van der Waals surface area contributed by atoms with Gasteiger partial charge in [0.25, 0.3) is 0 Å². The molecule has 0 amide bonds. The molecule has 0 fully saturated rings. The zero-order valence-corrected chi connectivity index (χ0v) is 40.8. The van der Waals surface area contributed by atoms with E-state index in [0.29, 0.717) is 0 Å². The molecule has 0 aromatic heterocycles. The molecule has 11 aromatic carbocycles. The van der Waals surface area contributed by atoms with Crippen molar-refractivity contribution in [1.29, 1.82) is 0 Å². The van der Waals surface area contributed by atoms with Gasteiger partial charge in [-0.2, -0.15) is 0 Å². The van der Waals surface area contributed by atoms with Gasteiger partial charge in [0, 0.05) is 0 Å². The third-order valence-electron chi connectivity index (χ3n) is 11.5. The molecule has 0 N–H and O–H groups in total. The number of fused-ring (bicyclic) bond motifs is 5. The molecule has 0 nitrogen and oxygen atoms in total. The minimum atomic E-state index is -1.14. The van der Waals surface area contributed by atoms with Gasteiger partial charge in [-0.3, -0.25) is 11.8 Å². The van der Waals surface area contributed by atoms with Crippen molar-refractivity contribution in [2.75, 3.05) is 0 Å². The summed E-state index contributed by atoms with van der Waals surface area (Å²) in [7, 11) is -2.28. The normalized spacial score (nSPS) is 10.4. The molecule has 322 valence electrons. The summed E-state index contributed by atoms with van der Waals surface area (Å²) in [5, 5.41) is 17.9. The van der Waals surface area contributed by atoms with Gasteiger partial charge in [-0.15, -0.1) is 17.2 Å². The Bertz CT molecular complexity index is 3160. The van der Waals surface area contributed by atoms with Crippen LogP contribution in [0.15, 0.2) is 255 Å². The zero-order chi connectivity index (χ0) is 43.5. The third kappa shape index (κ3) is 10.6. The van der Waals surface area contributed by atoms with Crippen LogP contribution in [0.4, 0.5) is 0 Å². The molecule has 11 rings (SSSR count). The van der Waals surface area contributed by atoms with Gasteiger partial charge in [0.05, 0.1) is 0 Å². The summed E-state index contributed by atoms with van der Waals surface area (Å²) < 4.78 is 0. The summed E-state index contributed by atoms with van der Waals surface area (Å²) in [6.45, 7) is 0. The predicted octanol–water partition coefficient (Wildman–Crippen LogP) is 12.5. The van der Waals surface area contributed by atoms with Crippen molar-refractivity contribution in [3.05, 3.63) is 279 Å². The molecule has 66 heavy (non-hydrogen) atoms. The van der Waals surface area contributed by atoms with E-state index in [-0.39, 0.29) is 44.8 Å². The van der Waals surface area contributed by atoms with E-state index in [1.54, 1.807) is 0 Å². The summed E-state index contributed by atoms with van der Waals surface area (Å²) in [6, 6.07) is 90.3. The van der Waals surface area contributed by atoms with Crippen LogP contribution in [0.5, 0.6) is 0 Å². The fraction of sp³-hybridized carbons (Fsp3) is 0. The van der Waals surface area contributed by atoms with E-state index >= 15 is 0 Å². The van der Waals surface area contributed by atoms with Gasteiger partial charge in [-0.1, -0.05) is 198 Å². The fourth-order valence-electron chi connectivity index (χ4n) is 8.60. The first kappa shape index (κ1) is 47.9. The molecule has 4 heteroatoms. The van der Waals surface area contributed by atoms with Gasteiger partial charge in [0.15, 0.2) is 0 Å². The van der Waals surface area contributed by atoms with Crippen molar-refractivity contribution in [2.45, 2.75) is 0 Å². The zero-order valence-electron chi connectivity index (χ0n) is 35.9. The maximum Gasteiger partial charge on any atom is 1.00 e. The number of hydrogen-bond donors (Lipinski definition) is 0. The van der Waals surface area contributed by atoms with Crippen LogP contribution in [0.25, 0.3) is 43.1 Å². The van der Waals surface area contributed by atoms with E-state index in [2.05, 4.69) is 194 Å². The van der Waals surface area contributed by atoms with Crippen LogP contribution in [0.2, 0.25) is 0 Å². The summed E-state index contributed by atoms with van der Waals surface area (Å²) in [6.07, 6.45) is 14.8. The SMILES string of the molecule is [Ag+].[Ag+].[C-]#Cc1c2ccccc2cc2ccccc12.[C-]#Cc1cc2ccccc2c2ccccc12.c1ccc([PH+](c2ccccc2)c2ccccc2[PH+](c2ccccc2)c2ccccc2)cc1. The van der Waals surface area contributed by atoms with E-state index in [1.165, 1.54) is 42.6 Å². The molecular formula is C62H44Ag2P2+2. The topological polar surface area (TPSA) is 0 Å². The first-order valence-electron chi connectivity index (χ1n) is 21.4. The summed E-state index contributed by atoms with van der Waals surface area (Å²) in [5.74, 6) is 5.08. The van der Waals surface area contributed by atoms with E-state index < -0.39 is 15.8 Å². The second-order valence-corrected chi connectivity index (χ2v) is 20.3. The predicted molar refractivity (Wildman–Crippen MR) is 282 cm³/mol. The Kier molecular flexibility index (Phi) is 17.0. The summed E-state index contributed by atoms with van der Waals surface area (Å²) >= 11 is 0. The molecule has 0 heterocycles. The van der Waals surface area contributed by atoms with Crippen molar-refractivity contribution in [3.8, 4) is 11.8 Å². The fourth-order valence-corrected chi connectivity index (χ4v) is 14.6. The maximum atomic E-state index is 7.46. The van der Waals surface area contributed by atoms with Gasteiger partial charge in [-0.05, 0) is 93.7 Å². The van der Waals surface area contributed by atoms with Gasteiger partial charge in [0.1, 0.15) is 47.7 Å². The Morgan fingerprint density at radius 2 is 0.576 bits per heavy atom. The molecule has 0 radical (unpaired) electrons. The van der Waals surface area contributed by atoms with E-state index in [0.717, 1.165) is 43.4 Å². The summed E-state index contributed by atoms with van der Waals surface area (Å²) in [5.41, 5.74) is 1.74. The second kappa shape index (κ2) is 23.4. The monoisotopic (exact) mass is 1060 g/mol. The Hall–Kier alpha value is -6.08. The number of benzene rings is 11. The summed E-state index contributed by atoms with van der Waals surface area (Å²) in [4.78, 5) is 0. The number of rotatable bonds is 6. The van der Waals surface area contributed by atoms with Crippen LogP contribution in [0.3, 0.4) is 0 Å². The van der Waals surface area contributed by atoms with E-state index in [1.807, 2.05) is 72.8 Å². The van der Waals surface area contributed by atoms with Crippen LogP contribution in [-0.4, -0.2) is 0 Å². The van der Waals surface area contributed by atoms with Gasteiger partial charge in [-0.25, -0.2) is 0 Å². The van der Waals surface area contributed by atoms with Crippen molar-refractivity contribution in [1.82, 2.24) is 0 Å². The standard InChI is InChI=1S/C30H24P2.2C16H9.2Ag/c1-5-15-25(16-6-1)31(26-17-7-2-8-18-26)29-23-13-14-24-30(29)32(27-19-9-3-10-20-27)28-21-11-4-12-22-28;1-2-14-15-9-5-3-7-12(15)11-13-8-4-6-10-16(13)14;1-2-12-11-13-7-3-4-9-15(13)16-10-6-5-8-14(12)16;;/h1-24H;2*3-11H;;/q;2*-1;2*+1/p+2. The first-order chi connectivity index (χ1) is 31.7. The Labute approximate surface area is 422 Å². The van der Waals surface area contributed by atoms with Crippen molar-refractivity contribution in [3.63, 3.8) is 0 Å². The Morgan fingerprint density at radius 3 is 0.955 bits per heavy atom. The maximum absolute atomic E-state index is 7.46. The molecule has 0 unspecified atom stereocenters. The molecule has 0 aliphatic carbocycles. The largest absolute Gasteiger partial charge is 1.00 e. The Balaban J connectivity index is 0.000000160. The third-order valence-corrected chi connectivity index (χ3v) is 17.4. The van der Waals surface area contributed by atoms with Crippen molar-refractivity contribution < 1.29 is 44.8 Å². The molecule has 0 atom stereocenters. The second-order valence-electron chi connectivity index (χ2n) is 15.4. The minimum absolute atomic E-state index is 0. The van der Waals surface area contributed by atoms with Gasteiger partial charge in [0.2, 0.25) is 0 Å². The minimum Gasteiger partial charge on any atom is -0.366 e. The molecule has 11 aromatic rings. The van der Waals surface area contributed by atoms with Crippen molar-refractivity contribution >= 4 is 90.8 Å². The van der Waals surface area contributed by atoms with Crippen molar-refractivity contribution in [2.24, 2.45) is 0 Å². The van der Waals surface area contributed by atoms with Crippen LogP contribution in [0.1, 0.15) is 11.1 Å². The average molecular weight is 1070 g/mol. The molecule has 0 aliphatic rings. The Morgan fingerprint density at radius 1 is 0.273 bits per heavy atom. The average Bonchev–Trinajstić information content (AvgIpc) is 3.37. The molecule has 0 bridgehead atoms. The van der Waals surface area contributed by atoms with Crippen LogP contribution in [-0.2, 0) is 44.8 Å².